The molecule has 0 aliphatic rings. The molecule has 0 atom stereocenters. The summed E-state index contributed by atoms with van der Waals surface area (Å²) in [5, 5.41) is 22.0. The summed E-state index contributed by atoms with van der Waals surface area (Å²) in [6.45, 7) is 3.99. The minimum atomic E-state index is -0.509. The molecule has 0 unspecified atom stereocenters. The van der Waals surface area contributed by atoms with E-state index in [-0.39, 0.29) is 36.5 Å². The second kappa shape index (κ2) is 8.87. The summed E-state index contributed by atoms with van der Waals surface area (Å²) in [5.74, 6) is -0.848. The maximum absolute atomic E-state index is 12.1. The Morgan fingerprint density at radius 3 is 2.59 bits per heavy atom. The van der Waals surface area contributed by atoms with E-state index in [2.05, 4.69) is 15.5 Å². The fourth-order valence-electron chi connectivity index (χ4n) is 3.01. The van der Waals surface area contributed by atoms with Crippen molar-refractivity contribution in [2.45, 2.75) is 26.3 Å². The van der Waals surface area contributed by atoms with Crippen LogP contribution in [0.5, 0.6) is 5.88 Å². The summed E-state index contributed by atoms with van der Waals surface area (Å²) in [5.41, 5.74) is 1.46. The zero-order valence-electron chi connectivity index (χ0n) is 16.1. The highest BCUT2D eigenvalue weighted by Gasteiger charge is 2.19. The first-order valence-electron chi connectivity index (χ1n) is 9.18. The smallest absolute Gasteiger partial charge is 0.266 e. The van der Waals surface area contributed by atoms with Gasteiger partial charge in [-0.3, -0.25) is 9.59 Å². The number of carbonyl (C=O) groups is 2. The molecular weight excluding hydrogens is 392 g/mol. The van der Waals surface area contributed by atoms with Crippen molar-refractivity contribution in [3.8, 4) is 5.88 Å². The predicted molar refractivity (Wildman–Crippen MR) is 112 cm³/mol. The van der Waals surface area contributed by atoms with Gasteiger partial charge in [0.05, 0.1) is 5.52 Å². The second-order valence-corrected chi connectivity index (χ2v) is 7.20. The summed E-state index contributed by atoms with van der Waals surface area (Å²) in [4.78, 5) is 24.0. The number of fused-ring (bicyclic) bond motifs is 1. The number of aromatic nitrogens is 1. The first kappa shape index (κ1) is 20.5. The van der Waals surface area contributed by atoms with E-state index in [4.69, 9.17) is 11.6 Å². The average Bonchev–Trinajstić information content (AvgIpc) is 2.97. The monoisotopic (exact) mass is 412 g/mol. The Balaban J connectivity index is 1.70. The Hall–Kier alpha value is -3.19. The molecule has 0 fully saturated rings. The molecule has 29 heavy (non-hydrogen) atoms. The molecule has 0 radical (unpaired) electrons. The summed E-state index contributed by atoms with van der Waals surface area (Å²) in [6.07, 6.45) is -0.00753. The minimum Gasteiger partial charge on any atom is -0.493 e. The lowest BCUT2D eigenvalue weighted by Crippen LogP contribution is -2.25. The lowest BCUT2D eigenvalue weighted by Gasteiger charge is -2.10. The third-order valence-corrected chi connectivity index (χ3v) is 4.59. The van der Waals surface area contributed by atoms with Gasteiger partial charge in [0.15, 0.2) is 5.69 Å². The topological polar surface area (TPSA) is 96.0 Å². The zero-order valence-corrected chi connectivity index (χ0v) is 16.8. The number of rotatable bonds is 6. The minimum absolute atomic E-state index is 0.00753. The number of nitrogens with one attached hydrogen (secondary N) is 1. The fraction of sp³-hybridized carbons (Fsp3) is 0.238. The molecule has 0 saturated heterocycles. The molecule has 2 amide bonds. The molecule has 150 valence electrons. The van der Waals surface area contributed by atoms with Crippen LogP contribution < -0.4 is 5.32 Å². The zero-order chi connectivity index (χ0) is 21.0. The van der Waals surface area contributed by atoms with Gasteiger partial charge in [0.25, 0.3) is 11.8 Å². The fourth-order valence-corrected chi connectivity index (χ4v) is 3.18. The van der Waals surface area contributed by atoms with Crippen LogP contribution >= 0.6 is 11.6 Å². The highest BCUT2D eigenvalue weighted by atomic mass is 35.5. The summed E-state index contributed by atoms with van der Waals surface area (Å²) in [7, 11) is 0. The van der Waals surface area contributed by atoms with E-state index in [9.17, 15) is 14.7 Å². The van der Waals surface area contributed by atoms with Gasteiger partial charge in [-0.2, -0.15) is 0 Å². The Morgan fingerprint density at radius 1 is 1.17 bits per heavy atom. The van der Waals surface area contributed by atoms with Crippen LogP contribution in [0, 0.1) is 0 Å². The molecule has 1 aromatic heterocycles. The Kier molecular flexibility index (Phi) is 6.29. The van der Waals surface area contributed by atoms with Gasteiger partial charge in [0.2, 0.25) is 5.88 Å². The van der Waals surface area contributed by atoms with Gasteiger partial charge < -0.3 is 15.0 Å². The molecular formula is C21H21ClN4O3. The molecule has 3 aromatic rings. The van der Waals surface area contributed by atoms with Crippen molar-refractivity contribution < 1.29 is 14.7 Å². The summed E-state index contributed by atoms with van der Waals surface area (Å²) in [6, 6.07) is 13.9. The molecule has 8 heteroatoms. The molecule has 0 aliphatic carbocycles. The number of amides is 2. The molecule has 0 bridgehead atoms. The predicted octanol–water partition coefficient (Wildman–Crippen LogP) is 5.01. The van der Waals surface area contributed by atoms with Crippen LogP contribution in [-0.2, 0) is 4.79 Å². The van der Waals surface area contributed by atoms with Gasteiger partial charge in [0.1, 0.15) is 0 Å². The van der Waals surface area contributed by atoms with E-state index in [1.165, 1.54) is 0 Å². The molecule has 7 nitrogen and oxygen atoms in total. The third-order valence-electron chi connectivity index (χ3n) is 4.35. The third kappa shape index (κ3) is 4.63. The molecule has 0 spiro atoms. The van der Waals surface area contributed by atoms with E-state index in [1.54, 1.807) is 47.0 Å². The van der Waals surface area contributed by atoms with Gasteiger partial charge in [-0.05, 0) is 44.2 Å². The lowest BCUT2D eigenvalue weighted by atomic mass is 10.2. The van der Waals surface area contributed by atoms with Crippen molar-refractivity contribution in [2.75, 3.05) is 6.54 Å². The van der Waals surface area contributed by atoms with Gasteiger partial charge >= 0.3 is 0 Å². The molecule has 0 saturated carbocycles. The van der Waals surface area contributed by atoms with Crippen molar-refractivity contribution in [1.82, 2.24) is 9.88 Å². The number of halogens is 1. The SMILES string of the molecule is CC(C)n1c(O)c(N=NC(=O)CCNC(=O)c2ccccc2)c2cc(Cl)ccc21. The normalized spacial score (nSPS) is 11.4. The summed E-state index contributed by atoms with van der Waals surface area (Å²) < 4.78 is 1.70. The van der Waals surface area contributed by atoms with Crippen LogP contribution in [0.4, 0.5) is 5.69 Å². The van der Waals surface area contributed by atoms with Gasteiger partial charge in [-0.1, -0.05) is 29.8 Å². The van der Waals surface area contributed by atoms with Crippen LogP contribution in [0.25, 0.3) is 10.9 Å². The number of benzene rings is 2. The van der Waals surface area contributed by atoms with Crippen molar-refractivity contribution in [3.63, 3.8) is 0 Å². The van der Waals surface area contributed by atoms with E-state index in [0.29, 0.717) is 16.0 Å². The number of aromatic hydroxyl groups is 1. The van der Waals surface area contributed by atoms with Gasteiger partial charge in [-0.25, -0.2) is 0 Å². The summed E-state index contributed by atoms with van der Waals surface area (Å²) >= 11 is 6.07. The van der Waals surface area contributed by atoms with Crippen molar-refractivity contribution in [3.05, 3.63) is 59.1 Å². The van der Waals surface area contributed by atoms with Crippen molar-refractivity contribution in [1.29, 1.82) is 0 Å². The van der Waals surface area contributed by atoms with Crippen molar-refractivity contribution in [2.24, 2.45) is 10.2 Å². The van der Waals surface area contributed by atoms with Crippen LogP contribution in [0.1, 0.15) is 36.7 Å². The lowest BCUT2D eigenvalue weighted by molar-refractivity contribution is -0.118. The van der Waals surface area contributed by atoms with E-state index < -0.39 is 5.91 Å². The maximum atomic E-state index is 12.1. The molecule has 3 rings (SSSR count). The Morgan fingerprint density at radius 2 is 1.90 bits per heavy atom. The molecule has 2 N–H and O–H groups in total. The first-order valence-corrected chi connectivity index (χ1v) is 9.56. The van der Waals surface area contributed by atoms with Crippen molar-refractivity contribution >= 4 is 40.0 Å². The quantitative estimate of drug-likeness (QED) is 0.557. The number of hydrogen-bond donors (Lipinski definition) is 2. The number of azo groups is 1. The highest BCUT2D eigenvalue weighted by molar-refractivity contribution is 6.31. The molecule has 2 aromatic carbocycles. The first-order chi connectivity index (χ1) is 13.9. The number of carbonyl (C=O) groups excluding carboxylic acids is 2. The van der Waals surface area contributed by atoms with Crippen LogP contribution in [0.3, 0.4) is 0 Å². The maximum Gasteiger partial charge on any atom is 0.266 e. The van der Waals surface area contributed by atoms with Crippen LogP contribution in [0.15, 0.2) is 58.8 Å². The van der Waals surface area contributed by atoms with E-state index >= 15 is 0 Å². The van der Waals surface area contributed by atoms with Crippen LogP contribution in [-0.4, -0.2) is 28.0 Å². The van der Waals surface area contributed by atoms with Gasteiger partial charge in [0, 0.05) is 35.0 Å². The molecule has 0 aliphatic heterocycles. The standard InChI is InChI=1S/C21H21ClN4O3/c1-13(2)26-17-9-8-15(22)12-16(17)19(21(26)29)25-24-18(27)10-11-23-20(28)14-6-4-3-5-7-14/h3-9,12-13,29H,10-11H2,1-2H3,(H,23,28). The highest BCUT2D eigenvalue weighted by Crippen LogP contribution is 2.41. The van der Waals surface area contributed by atoms with Gasteiger partial charge in [-0.15, -0.1) is 10.2 Å². The van der Waals surface area contributed by atoms with Crippen LogP contribution in [0.2, 0.25) is 5.02 Å². The molecule has 1 heterocycles. The Bertz CT molecular complexity index is 1070. The number of hydrogen-bond acceptors (Lipinski definition) is 4. The van der Waals surface area contributed by atoms with E-state index in [0.717, 1.165) is 5.52 Å². The largest absolute Gasteiger partial charge is 0.493 e. The van der Waals surface area contributed by atoms with E-state index in [1.807, 2.05) is 19.9 Å². The second-order valence-electron chi connectivity index (χ2n) is 6.76. The Labute approximate surface area is 173 Å². The number of nitrogens with zero attached hydrogens (tertiary/aromatic N) is 3. The average molecular weight is 413 g/mol.